The molecule has 0 aliphatic carbocycles. The van der Waals surface area contributed by atoms with Crippen molar-refractivity contribution in [1.29, 1.82) is 0 Å². The molecular weight excluding hydrogens is 260 g/mol. The van der Waals surface area contributed by atoms with E-state index in [-0.39, 0.29) is 0 Å². The molecule has 0 saturated carbocycles. The number of aromatic nitrogens is 2. The maximum atomic E-state index is 9.94. The van der Waals surface area contributed by atoms with Crippen LogP contribution in [0.4, 0.5) is 0 Å². The predicted octanol–water partition coefficient (Wildman–Crippen LogP) is 2.13. The van der Waals surface area contributed by atoms with Gasteiger partial charge in [-0.2, -0.15) is 5.10 Å². The lowest BCUT2D eigenvalue weighted by atomic mass is 10.1. The lowest BCUT2D eigenvalue weighted by molar-refractivity contribution is 0.144. The lowest BCUT2D eigenvalue weighted by Crippen LogP contribution is -2.12. The van der Waals surface area contributed by atoms with Crippen LogP contribution in [0.1, 0.15) is 31.6 Å². The van der Waals surface area contributed by atoms with Crippen LogP contribution in [0, 0.1) is 0 Å². The van der Waals surface area contributed by atoms with E-state index in [0.717, 1.165) is 23.0 Å². The molecule has 86 valence electrons. The SMILES string of the molecule is CCCC(O)c1c(Br)cnn1CCOC. The molecule has 4 nitrogen and oxygen atoms in total. The van der Waals surface area contributed by atoms with E-state index < -0.39 is 6.10 Å². The van der Waals surface area contributed by atoms with Crippen molar-refractivity contribution >= 4 is 15.9 Å². The summed E-state index contributed by atoms with van der Waals surface area (Å²) < 4.78 is 7.64. The molecule has 0 aliphatic rings. The summed E-state index contributed by atoms with van der Waals surface area (Å²) in [7, 11) is 1.65. The summed E-state index contributed by atoms with van der Waals surface area (Å²) in [6.07, 6.45) is 2.95. The van der Waals surface area contributed by atoms with Crippen molar-refractivity contribution < 1.29 is 9.84 Å². The third kappa shape index (κ3) is 3.29. The molecule has 5 heteroatoms. The van der Waals surface area contributed by atoms with E-state index in [1.165, 1.54) is 0 Å². The Kier molecular flexibility index (Phi) is 5.28. The standard InChI is InChI=1S/C10H17BrN2O2/c1-3-4-9(14)10-8(11)7-12-13(10)5-6-15-2/h7,9,14H,3-6H2,1-2H3. The van der Waals surface area contributed by atoms with E-state index in [1.54, 1.807) is 18.0 Å². The number of methoxy groups -OCH3 is 1. The molecule has 15 heavy (non-hydrogen) atoms. The molecule has 0 saturated heterocycles. The molecular formula is C10H17BrN2O2. The Morgan fingerprint density at radius 2 is 2.40 bits per heavy atom. The summed E-state index contributed by atoms with van der Waals surface area (Å²) >= 11 is 3.40. The molecule has 0 amide bonds. The quantitative estimate of drug-likeness (QED) is 0.866. The van der Waals surface area contributed by atoms with Crippen LogP contribution in [0.15, 0.2) is 10.7 Å². The first-order valence-electron chi connectivity index (χ1n) is 5.08. The molecule has 1 aromatic rings. The number of ether oxygens (including phenoxy) is 1. The van der Waals surface area contributed by atoms with Gasteiger partial charge in [-0.1, -0.05) is 13.3 Å². The van der Waals surface area contributed by atoms with E-state index in [2.05, 4.69) is 21.0 Å². The van der Waals surface area contributed by atoms with Crippen molar-refractivity contribution in [1.82, 2.24) is 9.78 Å². The van der Waals surface area contributed by atoms with Crippen LogP contribution < -0.4 is 0 Å². The van der Waals surface area contributed by atoms with Crippen LogP contribution in [0.25, 0.3) is 0 Å². The number of rotatable bonds is 6. The highest BCUT2D eigenvalue weighted by Gasteiger charge is 2.16. The maximum absolute atomic E-state index is 9.94. The van der Waals surface area contributed by atoms with Gasteiger partial charge in [-0.15, -0.1) is 0 Å². The van der Waals surface area contributed by atoms with Crippen molar-refractivity contribution in [2.75, 3.05) is 13.7 Å². The van der Waals surface area contributed by atoms with Crippen LogP contribution in [-0.2, 0) is 11.3 Å². The van der Waals surface area contributed by atoms with E-state index in [4.69, 9.17) is 4.74 Å². The number of aliphatic hydroxyl groups excluding tert-OH is 1. The van der Waals surface area contributed by atoms with Crippen LogP contribution in [-0.4, -0.2) is 28.6 Å². The van der Waals surface area contributed by atoms with E-state index in [1.807, 2.05) is 6.92 Å². The Hall–Kier alpha value is -0.390. The molecule has 0 fully saturated rings. The normalized spacial score (nSPS) is 13.1. The largest absolute Gasteiger partial charge is 0.387 e. The molecule has 1 heterocycles. The molecule has 1 aromatic heterocycles. The highest BCUT2D eigenvalue weighted by molar-refractivity contribution is 9.10. The first-order chi connectivity index (χ1) is 7.20. The molecule has 0 aliphatic heterocycles. The maximum Gasteiger partial charge on any atom is 0.0968 e. The molecule has 0 bridgehead atoms. The Labute approximate surface area is 98.4 Å². The zero-order chi connectivity index (χ0) is 11.3. The Morgan fingerprint density at radius 1 is 1.67 bits per heavy atom. The zero-order valence-electron chi connectivity index (χ0n) is 9.11. The van der Waals surface area contributed by atoms with Crippen molar-refractivity contribution in [3.63, 3.8) is 0 Å². The van der Waals surface area contributed by atoms with E-state index in [9.17, 15) is 5.11 Å². The molecule has 1 N–H and O–H groups in total. The van der Waals surface area contributed by atoms with E-state index in [0.29, 0.717) is 13.2 Å². The van der Waals surface area contributed by atoms with Gasteiger partial charge >= 0.3 is 0 Å². The van der Waals surface area contributed by atoms with Crippen LogP contribution in [0.5, 0.6) is 0 Å². The van der Waals surface area contributed by atoms with Crippen molar-refractivity contribution in [3.8, 4) is 0 Å². The van der Waals surface area contributed by atoms with Crippen LogP contribution in [0.2, 0.25) is 0 Å². The third-order valence-corrected chi connectivity index (χ3v) is 2.83. The topological polar surface area (TPSA) is 47.3 Å². The average molecular weight is 277 g/mol. The minimum absolute atomic E-state index is 0.455. The summed E-state index contributed by atoms with van der Waals surface area (Å²) in [5, 5.41) is 14.1. The van der Waals surface area contributed by atoms with Gasteiger partial charge in [0, 0.05) is 7.11 Å². The number of hydrogen-bond donors (Lipinski definition) is 1. The molecule has 1 atom stereocenters. The second-order valence-electron chi connectivity index (χ2n) is 3.40. The second kappa shape index (κ2) is 6.25. The first-order valence-corrected chi connectivity index (χ1v) is 5.88. The molecule has 1 unspecified atom stereocenters. The molecule has 0 radical (unpaired) electrons. The minimum atomic E-state index is -0.455. The predicted molar refractivity (Wildman–Crippen MR) is 61.7 cm³/mol. The zero-order valence-corrected chi connectivity index (χ0v) is 10.7. The highest BCUT2D eigenvalue weighted by atomic mass is 79.9. The fourth-order valence-corrected chi connectivity index (χ4v) is 2.03. The Bertz CT molecular complexity index is 302. The number of halogens is 1. The van der Waals surface area contributed by atoms with Gasteiger partial charge in [0.25, 0.3) is 0 Å². The fourth-order valence-electron chi connectivity index (χ4n) is 1.47. The monoisotopic (exact) mass is 276 g/mol. The molecule has 0 spiro atoms. The van der Waals surface area contributed by atoms with Gasteiger partial charge in [0.15, 0.2) is 0 Å². The van der Waals surface area contributed by atoms with Gasteiger partial charge in [0.05, 0.1) is 35.6 Å². The van der Waals surface area contributed by atoms with Crippen LogP contribution in [0.3, 0.4) is 0 Å². The molecule has 1 rings (SSSR count). The number of aliphatic hydroxyl groups is 1. The van der Waals surface area contributed by atoms with Crippen molar-refractivity contribution in [3.05, 3.63) is 16.4 Å². The smallest absolute Gasteiger partial charge is 0.0968 e. The summed E-state index contributed by atoms with van der Waals surface area (Å²) in [4.78, 5) is 0. The second-order valence-corrected chi connectivity index (χ2v) is 4.25. The third-order valence-electron chi connectivity index (χ3n) is 2.22. The summed E-state index contributed by atoms with van der Waals surface area (Å²) in [5.74, 6) is 0. The van der Waals surface area contributed by atoms with Gasteiger partial charge in [-0.25, -0.2) is 0 Å². The van der Waals surface area contributed by atoms with E-state index >= 15 is 0 Å². The van der Waals surface area contributed by atoms with Crippen molar-refractivity contribution in [2.24, 2.45) is 0 Å². The number of hydrogen-bond acceptors (Lipinski definition) is 3. The fraction of sp³-hybridized carbons (Fsp3) is 0.700. The van der Waals surface area contributed by atoms with Gasteiger partial charge < -0.3 is 9.84 Å². The summed E-state index contributed by atoms with van der Waals surface area (Å²) in [6.45, 7) is 3.31. The Balaban J connectivity index is 2.78. The van der Waals surface area contributed by atoms with Gasteiger partial charge in [-0.3, -0.25) is 4.68 Å². The van der Waals surface area contributed by atoms with Crippen LogP contribution >= 0.6 is 15.9 Å². The average Bonchev–Trinajstić information content (AvgIpc) is 2.57. The minimum Gasteiger partial charge on any atom is -0.387 e. The van der Waals surface area contributed by atoms with Gasteiger partial charge in [-0.05, 0) is 22.4 Å². The lowest BCUT2D eigenvalue weighted by Gasteiger charge is -2.13. The van der Waals surface area contributed by atoms with Gasteiger partial charge in [0.2, 0.25) is 0 Å². The van der Waals surface area contributed by atoms with Crippen molar-refractivity contribution in [2.45, 2.75) is 32.4 Å². The highest BCUT2D eigenvalue weighted by Crippen LogP contribution is 2.26. The summed E-state index contributed by atoms with van der Waals surface area (Å²) in [5.41, 5.74) is 0.842. The summed E-state index contributed by atoms with van der Waals surface area (Å²) in [6, 6.07) is 0. The Morgan fingerprint density at radius 3 is 3.00 bits per heavy atom. The molecule has 0 aromatic carbocycles. The van der Waals surface area contributed by atoms with Gasteiger partial charge in [0.1, 0.15) is 0 Å². The number of nitrogens with zero attached hydrogens (tertiary/aromatic N) is 2. The first kappa shape index (κ1) is 12.7.